The van der Waals surface area contributed by atoms with Gasteiger partial charge in [0.2, 0.25) is 0 Å². The molecule has 0 radical (unpaired) electrons. The first kappa shape index (κ1) is 11.3. The van der Waals surface area contributed by atoms with Crippen LogP contribution in [0, 0.1) is 5.82 Å². The molecule has 0 aromatic heterocycles. The van der Waals surface area contributed by atoms with Crippen LogP contribution >= 0.6 is 0 Å². The average Bonchev–Trinajstić information content (AvgIpc) is 2.22. The maximum absolute atomic E-state index is 13.3. The van der Waals surface area contributed by atoms with Gasteiger partial charge in [-0.05, 0) is 19.1 Å². The van der Waals surface area contributed by atoms with Gasteiger partial charge >= 0.3 is 6.03 Å². The molecule has 0 bridgehead atoms. The van der Waals surface area contributed by atoms with Crippen LogP contribution in [0.25, 0.3) is 0 Å². The molecule has 0 aliphatic heterocycles. The summed E-state index contributed by atoms with van der Waals surface area (Å²) in [4.78, 5) is 12.9. The van der Waals surface area contributed by atoms with Crippen molar-refractivity contribution >= 4 is 17.4 Å². The third-order valence-corrected chi connectivity index (χ3v) is 2.10. The fourth-order valence-electron chi connectivity index (χ4n) is 1.02. The van der Waals surface area contributed by atoms with E-state index in [4.69, 9.17) is 5.73 Å². The predicted molar refractivity (Wildman–Crippen MR) is 58.1 cm³/mol. The van der Waals surface area contributed by atoms with E-state index in [1.54, 1.807) is 7.05 Å². The van der Waals surface area contributed by atoms with Crippen molar-refractivity contribution in [1.82, 2.24) is 4.90 Å². The number of anilines is 2. The molecule has 0 atom stereocenters. The number of para-hydroxylation sites is 1. The van der Waals surface area contributed by atoms with Crippen LogP contribution in [0.5, 0.6) is 0 Å². The number of nitrogen functional groups attached to an aromatic ring is 1. The van der Waals surface area contributed by atoms with Gasteiger partial charge in [-0.25, -0.2) is 9.18 Å². The van der Waals surface area contributed by atoms with Crippen molar-refractivity contribution in [3.8, 4) is 0 Å². The first-order chi connectivity index (χ1) is 7.06. The molecule has 1 aromatic carbocycles. The highest BCUT2D eigenvalue weighted by molar-refractivity contribution is 5.92. The minimum Gasteiger partial charge on any atom is -0.397 e. The normalized spacial score (nSPS) is 9.80. The molecule has 2 amide bonds. The van der Waals surface area contributed by atoms with Gasteiger partial charge in [0.25, 0.3) is 0 Å². The number of nitrogens with zero attached hydrogens (tertiary/aromatic N) is 1. The second-order valence-corrected chi connectivity index (χ2v) is 3.15. The highest BCUT2D eigenvalue weighted by atomic mass is 19.1. The van der Waals surface area contributed by atoms with Gasteiger partial charge in [-0.3, -0.25) is 0 Å². The van der Waals surface area contributed by atoms with Gasteiger partial charge in [-0.2, -0.15) is 0 Å². The quantitative estimate of drug-likeness (QED) is 0.734. The van der Waals surface area contributed by atoms with Crippen LogP contribution in [-0.2, 0) is 0 Å². The van der Waals surface area contributed by atoms with Gasteiger partial charge in [-0.1, -0.05) is 6.07 Å². The SMILES string of the molecule is CCN(C)C(=O)Nc1c(N)cccc1F. The number of carbonyl (C=O) groups is 1. The molecule has 0 spiro atoms. The lowest BCUT2D eigenvalue weighted by Crippen LogP contribution is -2.31. The number of rotatable bonds is 2. The van der Waals surface area contributed by atoms with Crippen molar-refractivity contribution in [3.63, 3.8) is 0 Å². The Hall–Kier alpha value is -1.78. The standard InChI is InChI=1S/C10H14FN3O/c1-3-14(2)10(15)13-9-7(11)5-4-6-8(9)12/h4-6H,3,12H2,1-2H3,(H,13,15). The second kappa shape index (κ2) is 4.63. The van der Waals surface area contributed by atoms with Gasteiger partial charge in [0.05, 0.1) is 5.69 Å². The Balaban J connectivity index is 2.85. The third-order valence-electron chi connectivity index (χ3n) is 2.10. The van der Waals surface area contributed by atoms with E-state index in [-0.39, 0.29) is 17.4 Å². The maximum atomic E-state index is 13.3. The van der Waals surface area contributed by atoms with Gasteiger partial charge in [0, 0.05) is 13.6 Å². The van der Waals surface area contributed by atoms with Gasteiger partial charge < -0.3 is 16.0 Å². The first-order valence-electron chi connectivity index (χ1n) is 4.62. The lowest BCUT2D eigenvalue weighted by molar-refractivity contribution is 0.224. The molecule has 3 N–H and O–H groups in total. The number of carbonyl (C=O) groups excluding carboxylic acids is 1. The summed E-state index contributed by atoms with van der Waals surface area (Å²) in [5.41, 5.74) is 5.78. The minimum absolute atomic E-state index is 0.0304. The number of hydrogen-bond donors (Lipinski definition) is 2. The highest BCUT2D eigenvalue weighted by Crippen LogP contribution is 2.21. The summed E-state index contributed by atoms with van der Waals surface area (Å²) in [7, 11) is 1.62. The number of nitrogens with two attached hydrogens (primary N) is 1. The van der Waals surface area contributed by atoms with Crippen LogP contribution in [0.1, 0.15) is 6.92 Å². The zero-order valence-corrected chi connectivity index (χ0v) is 8.75. The Morgan fingerprint density at radius 2 is 2.27 bits per heavy atom. The summed E-state index contributed by atoms with van der Waals surface area (Å²) in [6.45, 7) is 2.37. The van der Waals surface area contributed by atoms with Crippen LogP contribution in [-0.4, -0.2) is 24.5 Å². The average molecular weight is 211 g/mol. The van der Waals surface area contributed by atoms with E-state index in [9.17, 15) is 9.18 Å². The van der Waals surface area contributed by atoms with Crippen molar-refractivity contribution in [1.29, 1.82) is 0 Å². The summed E-state index contributed by atoms with van der Waals surface area (Å²) in [5, 5.41) is 2.42. The zero-order chi connectivity index (χ0) is 11.4. The molecule has 0 aliphatic carbocycles. The smallest absolute Gasteiger partial charge is 0.321 e. The van der Waals surface area contributed by atoms with Gasteiger partial charge in [0.15, 0.2) is 0 Å². The molecule has 4 nitrogen and oxygen atoms in total. The molecule has 1 rings (SSSR count). The monoisotopic (exact) mass is 211 g/mol. The molecule has 0 heterocycles. The molecular formula is C10H14FN3O. The summed E-state index contributed by atoms with van der Waals surface area (Å²) in [6.07, 6.45) is 0. The van der Waals surface area contributed by atoms with Crippen LogP contribution in [0.4, 0.5) is 20.6 Å². The topological polar surface area (TPSA) is 58.4 Å². The van der Waals surface area contributed by atoms with Crippen molar-refractivity contribution in [2.24, 2.45) is 0 Å². The molecule has 15 heavy (non-hydrogen) atoms. The number of amides is 2. The van der Waals surface area contributed by atoms with Crippen molar-refractivity contribution in [2.75, 3.05) is 24.6 Å². The Bertz CT molecular complexity index is 347. The van der Waals surface area contributed by atoms with E-state index < -0.39 is 5.82 Å². The molecule has 0 fully saturated rings. The van der Waals surface area contributed by atoms with Gasteiger partial charge in [0.1, 0.15) is 11.5 Å². The fourth-order valence-corrected chi connectivity index (χ4v) is 1.02. The summed E-state index contributed by atoms with van der Waals surface area (Å²) < 4.78 is 13.3. The summed E-state index contributed by atoms with van der Waals surface area (Å²) >= 11 is 0. The fraction of sp³-hybridized carbons (Fsp3) is 0.300. The molecule has 0 aliphatic rings. The molecule has 5 heteroatoms. The van der Waals surface area contributed by atoms with Gasteiger partial charge in [-0.15, -0.1) is 0 Å². The van der Waals surface area contributed by atoms with E-state index >= 15 is 0 Å². The Kier molecular flexibility index (Phi) is 3.49. The molecule has 0 saturated carbocycles. The lowest BCUT2D eigenvalue weighted by atomic mass is 10.2. The number of benzene rings is 1. The third kappa shape index (κ3) is 2.59. The minimum atomic E-state index is -0.534. The molecule has 0 unspecified atom stereocenters. The van der Waals surface area contributed by atoms with E-state index in [2.05, 4.69) is 5.32 Å². The Morgan fingerprint density at radius 3 is 2.80 bits per heavy atom. The number of hydrogen-bond acceptors (Lipinski definition) is 2. The van der Waals surface area contributed by atoms with Crippen LogP contribution in [0.2, 0.25) is 0 Å². The zero-order valence-electron chi connectivity index (χ0n) is 8.75. The maximum Gasteiger partial charge on any atom is 0.321 e. The number of halogens is 1. The molecule has 82 valence electrons. The van der Waals surface area contributed by atoms with E-state index in [0.29, 0.717) is 6.54 Å². The Labute approximate surface area is 87.9 Å². The van der Waals surface area contributed by atoms with Crippen molar-refractivity contribution < 1.29 is 9.18 Å². The summed E-state index contributed by atoms with van der Waals surface area (Å²) in [6, 6.07) is 3.89. The summed E-state index contributed by atoms with van der Waals surface area (Å²) in [5.74, 6) is -0.534. The van der Waals surface area contributed by atoms with E-state index in [1.165, 1.54) is 23.1 Å². The van der Waals surface area contributed by atoms with Crippen LogP contribution in [0.15, 0.2) is 18.2 Å². The number of urea groups is 1. The van der Waals surface area contributed by atoms with E-state index in [1.807, 2.05) is 6.92 Å². The first-order valence-corrected chi connectivity index (χ1v) is 4.62. The highest BCUT2D eigenvalue weighted by Gasteiger charge is 2.11. The van der Waals surface area contributed by atoms with Crippen LogP contribution < -0.4 is 11.1 Å². The largest absolute Gasteiger partial charge is 0.397 e. The van der Waals surface area contributed by atoms with Crippen molar-refractivity contribution in [3.05, 3.63) is 24.0 Å². The molecular weight excluding hydrogens is 197 g/mol. The van der Waals surface area contributed by atoms with Crippen molar-refractivity contribution in [2.45, 2.75) is 6.92 Å². The second-order valence-electron chi connectivity index (χ2n) is 3.15. The number of nitrogens with one attached hydrogen (secondary N) is 1. The molecule has 0 saturated heterocycles. The van der Waals surface area contributed by atoms with E-state index in [0.717, 1.165) is 0 Å². The Morgan fingerprint density at radius 1 is 1.60 bits per heavy atom. The predicted octanol–water partition coefficient (Wildman–Crippen LogP) is 1.89. The lowest BCUT2D eigenvalue weighted by Gasteiger charge is -2.16. The molecule has 1 aromatic rings. The van der Waals surface area contributed by atoms with Crippen LogP contribution in [0.3, 0.4) is 0 Å².